The number of anilines is 1. The monoisotopic (exact) mass is 329 g/mol. The van der Waals surface area contributed by atoms with Crippen LogP contribution in [0.15, 0.2) is 47.4 Å². The van der Waals surface area contributed by atoms with Gasteiger partial charge in [-0.05, 0) is 42.3 Å². The summed E-state index contributed by atoms with van der Waals surface area (Å²) in [7, 11) is -3.38. The Kier molecular flexibility index (Phi) is 4.58. The summed E-state index contributed by atoms with van der Waals surface area (Å²) in [4.78, 5) is 0.183. The Morgan fingerprint density at radius 3 is 2.20 bits per heavy atom. The van der Waals surface area contributed by atoms with E-state index in [9.17, 15) is 8.42 Å². The van der Waals surface area contributed by atoms with E-state index in [0.29, 0.717) is 17.1 Å². The zero-order valence-electron chi connectivity index (χ0n) is 10.5. The van der Waals surface area contributed by atoms with Crippen molar-refractivity contribution in [3.8, 4) is 0 Å². The van der Waals surface area contributed by atoms with Gasteiger partial charge in [0.2, 0.25) is 0 Å². The van der Waals surface area contributed by atoms with Gasteiger partial charge in [0.15, 0.2) is 9.84 Å². The maximum atomic E-state index is 12.2. The molecule has 0 fully saturated rings. The minimum absolute atomic E-state index is 0.00881. The van der Waals surface area contributed by atoms with E-state index >= 15 is 0 Å². The number of aryl methyl sites for hydroxylation is 1. The predicted octanol–water partition coefficient (Wildman–Crippen LogP) is 3.59. The van der Waals surface area contributed by atoms with Gasteiger partial charge in [0.25, 0.3) is 0 Å². The van der Waals surface area contributed by atoms with Gasteiger partial charge in [-0.2, -0.15) is 0 Å². The van der Waals surface area contributed by atoms with E-state index < -0.39 is 9.84 Å². The number of hydrogen-bond donors (Lipinski definition) is 1. The molecule has 0 aliphatic carbocycles. The lowest BCUT2D eigenvalue weighted by Crippen LogP contribution is -2.09. The van der Waals surface area contributed by atoms with E-state index in [1.807, 2.05) is 12.1 Å². The van der Waals surface area contributed by atoms with Crippen molar-refractivity contribution >= 4 is 38.7 Å². The molecule has 0 saturated carbocycles. The highest BCUT2D eigenvalue weighted by atomic mass is 35.5. The Bertz CT molecular complexity index is 712. The van der Waals surface area contributed by atoms with E-state index in [1.165, 1.54) is 18.2 Å². The first-order chi connectivity index (χ1) is 9.38. The zero-order chi connectivity index (χ0) is 14.8. The van der Waals surface area contributed by atoms with E-state index in [1.54, 1.807) is 12.1 Å². The highest BCUT2D eigenvalue weighted by Gasteiger charge is 2.15. The fourth-order valence-electron chi connectivity index (χ4n) is 1.72. The molecule has 0 unspecified atom stereocenters. The number of sulfone groups is 1. The lowest BCUT2D eigenvalue weighted by Gasteiger charge is -2.06. The summed E-state index contributed by atoms with van der Waals surface area (Å²) >= 11 is 11.6. The molecule has 0 saturated heterocycles. The summed E-state index contributed by atoms with van der Waals surface area (Å²) in [5, 5.41) is 0.573. The number of hydrogen-bond acceptors (Lipinski definition) is 3. The maximum absolute atomic E-state index is 12.2. The molecule has 0 bridgehead atoms. The lowest BCUT2D eigenvalue weighted by molar-refractivity contribution is 0.595. The second-order valence-electron chi connectivity index (χ2n) is 4.39. The molecule has 0 aliphatic rings. The number of benzene rings is 2. The van der Waals surface area contributed by atoms with Crippen molar-refractivity contribution in [2.45, 2.75) is 11.3 Å². The number of halogens is 2. The first kappa shape index (κ1) is 15.2. The van der Waals surface area contributed by atoms with Gasteiger partial charge in [0, 0.05) is 5.69 Å². The van der Waals surface area contributed by atoms with E-state index in [2.05, 4.69) is 0 Å². The highest BCUT2D eigenvalue weighted by molar-refractivity contribution is 7.91. The van der Waals surface area contributed by atoms with Gasteiger partial charge in [0.1, 0.15) is 0 Å². The van der Waals surface area contributed by atoms with E-state index in [4.69, 9.17) is 28.9 Å². The molecule has 2 rings (SSSR count). The molecule has 20 heavy (non-hydrogen) atoms. The van der Waals surface area contributed by atoms with Gasteiger partial charge in [-0.3, -0.25) is 0 Å². The SMILES string of the molecule is Nc1ccc(CCS(=O)(=O)c2ccc(Cl)c(Cl)c2)cc1. The topological polar surface area (TPSA) is 60.2 Å². The zero-order valence-corrected chi connectivity index (χ0v) is 12.8. The van der Waals surface area contributed by atoms with Crippen molar-refractivity contribution in [3.63, 3.8) is 0 Å². The van der Waals surface area contributed by atoms with Crippen LogP contribution in [-0.2, 0) is 16.3 Å². The first-order valence-electron chi connectivity index (χ1n) is 5.91. The summed E-state index contributed by atoms with van der Waals surface area (Å²) < 4.78 is 24.4. The van der Waals surface area contributed by atoms with Crippen molar-refractivity contribution in [1.82, 2.24) is 0 Å². The van der Waals surface area contributed by atoms with Crippen LogP contribution < -0.4 is 5.73 Å². The molecule has 106 valence electrons. The lowest BCUT2D eigenvalue weighted by atomic mass is 10.2. The van der Waals surface area contributed by atoms with Crippen molar-refractivity contribution in [2.24, 2.45) is 0 Å². The molecule has 2 N–H and O–H groups in total. The summed E-state index contributed by atoms with van der Waals surface area (Å²) in [6.45, 7) is 0. The Balaban J connectivity index is 2.14. The van der Waals surface area contributed by atoms with Gasteiger partial charge in [-0.15, -0.1) is 0 Å². The van der Waals surface area contributed by atoms with Crippen LogP contribution in [0.2, 0.25) is 10.0 Å². The average Bonchev–Trinajstić information content (AvgIpc) is 2.41. The van der Waals surface area contributed by atoms with Crippen LogP contribution >= 0.6 is 23.2 Å². The molecule has 0 amide bonds. The Morgan fingerprint density at radius 2 is 1.60 bits per heavy atom. The molecule has 0 aliphatic heterocycles. The van der Waals surface area contributed by atoms with Gasteiger partial charge in [-0.1, -0.05) is 35.3 Å². The quantitative estimate of drug-likeness (QED) is 0.872. The summed E-state index contributed by atoms with van der Waals surface area (Å²) in [6, 6.07) is 11.5. The van der Waals surface area contributed by atoms with Crippen LogP contribution in [0.5, 0.6) is 0 Å². The Hall–Kier alpha value is -1.23. The van der Waals surface area contributed by atoms with Crippen LogP contribution in [0.1, 0.15) is 5.56 Å². The second-order valence-corrected chi connectivity index (χ2v) is 7.31. The van der Waals surface area contributed by atoms with Gasteiger partial charge < -0.3 is 5.73 Å². The molecule has 3 nitrogen and oxygen atoms in total. The molecule has 0 atom stereocenters. The van der Waals surface area contributed by atoms with Gasteiger partial charge >= 0.3 is 0 Å². The van der Waals surface area contributed by atoms with Gasteiger partial charge in [-0.25, -0.2) is 8.42 Å². The molecule has 2 aromatic rings. The van der Waals surface area contributed by atoms with Crippen LogP contribution in [0.4, 0.5) is 5.69 Å². The van der Waals surface area contributed by atoms with E-state index in [0.717, 1.165) is 5.56 Å². The van der Waals surface area contributed by atoms with Crippen LogP contribution in [-0.4, -0.2) is 14.2 Å². The first-order valence-corrected chi connectivity index (χ1v) is 8.31. The third-order valence-corrected chi connectivity index (χ3v) is 5.34. The van der Waals surface area contributed by atoms with E-state index in [-0.39, 0.29) is 15.7 Å². The molecule has 0 aromatic heterocycles. The number of rotatable bonds is 4. The normalized spacial score (nSPS) is 11.5. The predicted molar refractivity (Wildman–Crippen MR) is 83.1 cm³/mol. The van der Waals surface area contributed by atoms with Crippen LogP contribution in [0.25, 0.3) is 0 Å². The summed E-state index contributed by atoms with van der Waals surface area (Å²) in [5.74, 6) is 0.00881. The molecule has 0 spiro atoms. The van der Waals surface area contributed by atoms with Crippen molar-refractivity contribution in [3.05, 3.63) is 58.1 Å². The fourth-order valence-corrected chi connectivity index (χ4v) is 3.40. The summed E-state index contributed by atoms with van der Waals surface area (Å²) in [6.07, 6.45) is 0.420. The Morgan fingerprint density at radius 1 is 0.950 bits per heavy atom. The number of nitrogens with two attached hydrogens (primary N) is 1. The Labute approximate surface area is 128 Å². The highest BCUT2D eigenvalue weighted by Crippen LogP contribution is 2.25. The minimum Gasteiger partial charge on any atom is -0.399 e. The molecule has 6 heteroatoms. The molecule has 0 radical (unpaired) electrons. The standard InChI is InChI=1S/C14H13Cl2NO2S/c15-13-6-5-12(9-14(13)16)20(18,19)8-7-10-1-3-11(17)4-2-10/h1-6,9H,7-8,17H2. The molecule has 0 heterocycles. The fraction of sp³-hybridized carbons (Fsp3) is 0.143. The summed E-state index contributed by atoms with van der Waals surface area (Å²) in [5.41, 5.74) is 7.16. The third kappa shape index (κ3) is 3.66. The second kappa shape index (κ2) is 6.04. The van der Waals surface area contributed by atoms with Crippen molar-refractivity contribution in [2.75, 3.05) is 11.5 Å². The third-order valence-electron chi connectivity index (χ3n) is 2.89. The average molecular weight is 330 g/mol. The maximum Gasteiger partial charge on any atom is 0.178 e. The number of nitrogen functional groups attached to an aromatic ring is 1. The van der Waals surface area contributed by atoms with Crippen molar-refractivity contribution in [1.29, 1.82) is 0 Å². The molecular formula is C14H13Cl2NO2S. The van der Waals surface area contributed by atoms with Crippen molar-refractivity contribution < 1.29 is 8.42 Å². The van der Waals surface area contributed by atoms with Gasteiger partial charge in [0.05, 0.1) is 20.7 Å². The largest absolute Gasteiger partial charge is 0.399 e. The smallest absolute Gasteiger partial charge is 0.178 e. The van der Waals surface area contributed by atoms with Crippen LogP contribution in [0.3, 0.4) is 0 Å². The van der Waals surface area contributed by atoms with Crippen LogP contribution in [0, 0.1) is 0 Å². The molecule has 2 aromatic carbocycles. The minimum atomic E-state index is -3.38. The molecular weight excluding hydrogens is 317 g/mol.